The van der Waals surface area contributed by atoms with Gasteiger partial charge in [-0.05, 0) is 18.2 Å². The minimum Gasteiger partial charge on any atom is -0.497 e. The third-order valence-electron chi connectivity index (χ3n) is 2.96. The van der Waals surface area contributed by atoms with Crippen LogP contribution in [0.2, 0.25) is 0 Å². The number of hydrogen-bond acceptors (Lipinski definition) is 5. The molecule has 0 aliphatic heterocycles. The zero-order valence-corrected chi connectivity index (χ0v) is 11.8. The summed E-state index contributed by atoms with van der Waals surface area (Å²) >= 11 is 0. The third-order valence-corrected chi connectivity index (χ3v) is 2.96. The molecular formula is C14H16N2O4. The van der Waals surface area contributed by atoms with Crippen molar-refractivity contribution in [1.82, 2.24) is 9.78 Å². The number of aromatic nitrogens is 2. The van der Waals surface area contributed by atoms with Crippen LogP contribution >= 0.6 is 0 Å². The van der Waals surface area contributed by atoms with E-state index in [4.69, 9.17) is 9.47 Å². The minimum absolute atomic E-state index is 0.253. The number of rotatable bonds is 4. The Balaban J connectivity index is 2.51. The van der Waals surface area contributed by atoms with Crippen molar-refractivity contribution < 1.29 is 19.0 Å². The Labute approximate surface area is 116 Å². The Kier molecular flexibility index (Phi) is 3.93. The van der Waals surface area contributed by atoms with Gasteiger partial charge in [0.15, 0.2) is 5.69 Å². The van der Waals surface area contributed by atoms with Crippen LogP contribution in [0.5, 0.6) is 11.5 Å². The number of ether oxygens (including phenoxy) is 3. The molecule has 0 fully saturated rings. The highest BCUT2D eigenvalue weighted by molar-refractivity contribution is 5.89. The molecule has 1 heterocycles. The second kappa shape index (κ2) is 5.64. The maximum absolute atomic E-state index is 11.5. The molecule has 20 heavy (non-hydrogen) atoms. The largest absolute Gasteiger partial charge is 0.497 e. The fraction of sp³-hybridized carbons (Fsp3) is 0.286. The molecule has 6 nitrogen and oxygen atoms in total. The van der Waals surface area contributed by atoms with Crippen molar-refractivity contribution in [2.75, 3.05) is 21.3 Å². The van der Waals surface area contributed by atoms with Gasteiger partial charge in [0.05, 0.1) is 27.0 Å². The maximum atomic E-state index is 11.5. The van der Waals surface area contributed by atoms with Crippen LogP contribution in [-0.2, 0) is 11.8 Å². The summed E-state index contributed by atoms with van der Waals surface area (Å²) < 4.78 is 16.8. The fourth-order valence-corrected chi connectivity index (χ4v) is 1.93. The molecule has 0 amide bonds. The lowest BCUT2D eigenvalue weighted by atomic mass is 10.1. The first-order valence-electron chi connectivity index (χ1n) is 5.95. The van der Waals surface area contributed by atoms with Crippen LogP contribution in [0.4, 0.5) is 0 Å². The van der Waals surface area contributed by atoms with Crippen LogP contribution in [0.1, 0.15) is 10.5 Å². The van der Waals surface area contributed by atoms with Crippen LogP contribution < -0.4 is 9.47 Å². The number of aryl methyl sites for hydroxylation is 1. The van der Waals surface area contributed by atoms with Gasteiger partial charge < -0.3 is 14.2 Å². The van der Waals surface area contributed by atoms with E-state index in [1.807, 2.05) is 12.1 Å². The van der Waals surface area contributed by atoms with Crippen molar-refractivity contribution in [1.29, 1.82) is 0 Å². The smallest absolute Gasteiger partial charge is 0.358 e. The van der Waals surface area contributed by atoms with Crippen LogP contribution in [0, 0.1) is 0 Å². The fourth-order valence-electron chi connectivity index (χ4n) is 1.93. The van der Waals surface area contributed by atoms with Gasteiger partial charge in [0, 0.05) is 18.7 Å². The van der Waals surface area contributed by atoms with Gasteiger partial charge in [-0.15, -0.1) is 0 Å². The summed E-state index contributed by atoms with van der Waals surface area (Å²) in [5.74, 6) is 0.865. The van der Waals surface area contributed by atoms with Gasteiger partial charge in [0.2, 0.25) is 0 Å². The molecule has 0 N–H and O–H groups in total. The predicted molar refractivity (Wildman–Crippen MR) is 73.1 cm³/mol. The second-order valence-electron chi connectivity index (χ2n) is 4.10. The summed E-state index contributed by atoms with van der Waals surface area (Å²) in [5.41, 5.74) is 1.83. The van der Waals surface area contributed by atoms with Gasteiger partial charge in [0.1, 0.15) is 11.5 Å². The summed E-state index contributed by atoms with van der Waals surface area (Å²) in [6, 6.07) is 7.12. The molecule has 0 spiro atoms. The first kappa shape index (κ1) is 13.9. The second-order valence-corrected chi connectivity index (χ2v) is 4.10. The van der Waals surface area contributed by atoms with Crippen LogP contribution in [-0.4, -0.2) is 37.1 Å². The lowest BCUT2D eigenvalue weighted by molar-refractivity contribution is 0.0593. The van der Waals surface area contributed by atoms with Crippen molar-refractivity contribution in [3.05, 3.63) is 30.0 Å². The van der Waals surface area contributed by atoms with E-state index in [1.54, 1.807) is 38.1 Å². The van der Waals surface area contributed by atoms with Gasteiger partial charge in [-0.2, -0.15) is 5.10 Å². The number of hydrogen-bond donors (Lipinski definition) is 0. The molecule has 0 saturated heterocycles. The monoisotopic (exact) mass is 276 g/mol. The van der Waals surface area contributed by atoms with E-state index < -0.39 is 5.97 Å². The van der Waals surface area contributed by atoms with Crippen molar-refractivity contribution in [3.8, 4) is 22.8 Å². The summed E-state index contributed by atoms with van der Waals surface area (Å²) in [6.45, 7) is 0. The molecule has 2 aromatic rings. The van der Waals surface area contributed by atoms with Gasteiger partial charge in [-0.3, -0.25) is 4.68 Å². The van der Waals surface area contributed by atoms with E-state index in [-0.39, 0.29) is 5.69 Å². The lowest BCUT2D eigenvalue weighted by Crippen LogP contribution is -2.03. The third kappa shape index (κ3) is 2.45. The highest BCUT2D eigenvalue weighted by Crippen LogP contribution is 2.33. The van der Waals surface area contributed by atoms with Crippen LogP contribution in [0.25, 0.3) is 11.3 Å². The summed E-state index contributed by atoms with van der Waals surface area (Å²) in [6.07, 6.45) is 0. The molecule has 0 radical (unpaired) electrons. The Morgan fingerprint density at radius 3 is 2.50 bits per heavy atom. The highest BCUT2D eigenvalue weighted by Gasteiger charge is 2.17. The number of esters is 1. The van der Waals surface area contributed by atoms with E-state index in [9.17, 15) is 4.79 Å². The molecule has 1 aromatic heterocycles. The van der Waals surface area contributed by atoms with Gasteiger partial charge in [-0.1, -0.05) is 0 Å². The van der Waals surface area contributed by atoms with Gasteiger partial charge in [0.25, 0.3) is 0 Å². The molecule has 6 heteroatoms. The Morgan fingerprint density at radius 1 is 1.15 bits per heavy atom. The maximum Gasteiger partial charge on any atom is 0.358 e. The van der Waals surface area contributed by atoms with Crippen molar-refractivity contribution in [3.63, 3.8) is 0 Å². The van der Waals surface area contributed by atoms with Crippen molar-refractivity contribution >= 4 is 5.97 Å². The first-order valence-corrected chi connectivity index (χ1v) is 5.95. The number of benzene rings is 1. The van der Waals surface area contributed by atoms with Gasteiger partial charge in [-0.25, -0.2) is 4.79 Å². The molecule has 0 saturated carbocycles. The summed E-state index contributed by atoms with van der Waals surface area (Å²) in [5, 5.41) is 4.13. The van der Waals surface area contributed by atoms with E-state index in [0.29, 0.717) is 11.5 Å². The first-order chi connectivity index (χ1) is 9.60. The van der Waals surface area contributed by atoms with Gasteiger partial charge >= 0.3 is 5.97 Å². The van der Waals surface area contributed by atoms with E-state index >= 15 is 0 Å². The molecule has 106 valence electrons. The Bertz CT molecular complexity index is 634. The quantitative estimate of drug-likeness (QED) is 0.798. The van der Waals surface area contributed by atoms with Crippen molar-refractivity contribution in [2.24, 2.45) is 7.05 Å². The average Bonchev–Trinajstić information content (AvgIpc) is 2.87. The standard InChI is InChI=1S/C14H16N2O4/c1-16-12(8-11(15-16)14(17)20-4)10-6-5-9(18-2)7-13(10)19-3/h5-8H,1-4H3. The Hall–Kier alpha value is -2.50. The SMILES string of the molecule is COC(=O)c1cc(-c2ccc(OC)cc2OC)n(C)n1. The lowest BCUT2D eigenvalue weighted by Gasteiger charge is -2.10. The van der Waals surface area contributed by atoms with Crippen LogP contribution in [0.3, 0.4) is 0 Å². The molecule has 2 rings (SSSR count). The number of carbonyl (C=O) groups excluding carboxylic acids is 1. The van der Waals surface area contributed by atoms with Crippen molar-refractivity contribution in [2.45, 2.75) is 0 Å². The van der Waals surface area contributed by atoms with E-state index in [1.165, 1.54) is 7.11 Å². The summed E-state index contributed by atoms with van der Waals surface area (Å²) in [7, 11) is 6.25. The Morgan fingerprint density at radius 2 is 1.90 bits per heavy atom. The normalized spacial score (nSPS) is 10.2. The average molecular weight is 276 g/mol. The van der Waals surface area contributed by atoms with E-state index in [2.05, 4.69) is 9.84 Å². The molecular weight excluding hydrogens is 260 g/mol. The molecule has 0 aliphatic rings. The zero-order chi connectivity index (χ0) is 14.7. The number of nitrogens with zero attached hydrogens (tertiary/aromatic N) is 2. The molecule has 0 atom stereocenters. The molecule has 0 aliphatic carbocycles. The summed E-state index contributed by atoms with van der Waals surface area (Å²) in [4.78, 5) is 11.5. The number of methoxy groups -OCH3 is 3. The predicted octanol–water partition coefficient (Wildman–Crippen LogP) is 1.89. The highest BCUT2D eigenvalue weighted by atomic mass is 16.5. The topological polar surface area (TPSA) is 62.6 Å². The van der Waals surface area contributed by atoms with Crippen LogP contribution in [0.15, 0.2) is 24.3 Å². The minimum atomic E-state index is -0.473. The zero-order valence-electron chi connectivity index (χ0n) is 11.8. The molecule has 0 unspecified atom stereocenters. The molecule has 0 bridgehead atoms. The van der Waals surface area contributed by atoms with E-state index in [0.717, 1.165) is 11.3 Å². The molecule has 1 aromatic carbocycles. The number of carbonyl (C=O) groups is 1.